The highest BCUT2D eigenvalue weighted by molar-refractivity contribution is 5.95. The SMILES string of the molecule is Cc1occc1C(=O)N1C[C@H](C(=O)O)[C@@H](C2CC2)C1. The summed E-state index contributed by atoms with van der Waals surface area (Å²) in [7, 11) is 0. The lowest BCUT2D eigenvalue weighted by Crippen LogP contribution is -2.30. The fourth-order valence-electron chi connectivity index (χ4n) is 3.04. The molecule has 0 radical (unpaired) electrons. The van der Waals surface area contributed by atoms with Crippen molar-refractivity contribution >= 4 is 11.9 Å². The van der Waals surface area contributed by atoms with Crippen molar-refractivity contribution in [2.75, 3.05) is 13.1 Å². The Kier molecular flexibility index (Phi) is 2.84. The molecule has 2 atom stereocenters. The molecule has 0 unspecified atom stereocenters. The number of rotatable bonds is 3. The van der Waals surface area contributed by atoms with Gasteiger partial charge in [0.15, 0.2) is 0 Å². The van der Waals surface area contributed by atoms with E-state index >= 15 is 0 Å². The first-order chi connectivity index (χ1) is 9.08. The Labute approximate surface area is 111 Å². The maximum Gasteiger partial charge on any atom is 0.308 e. The van der Waals surface area contributed by atoms with Gasteiger partial charge in [-0.2, -0.15) is 0 Å². The van der Waals surface area contributed by atoms with Crippen LogP contribution in [0.2, 0.25) is 0 Å². The molecule has 1 saturated carbocycles. The Morgan fingerprint density at radius 3 is 2.63 bits per heavy atom. The van der Waals surface area contributed by atoms with Crippen LogP contribution in [0, 0.1) is 24.7 Å². The predicted molar refractivity (Wildman–Crippen MR) is 66.7 cm³/mol. The molecule has 19 heavy (non-hydrogen) atoms. The third-order valence-corrected chi connectivity index (χ3v) is 4.29. The van der Waals surface area contributed by atoms with Crippen LogP contribution < -0.4 is 0 Å². The molecule has 0 bridgehead atoms. The number of hydrogen-bond acceptors (Lipinski definition) is 3. The molecule has 1 saturated heterocycles. The average molecular weight is 263 g/mol. The van der Waals surface area contributed by atoms with E-state index in [9.17, 15) is 14.7 Å². The van der Waals surface area contributed by atoms with E-state index in [1.807, 2.05) is 0 Å². The van der Waals surface area contributed by atoms with E-state index in [1.165, 1.54) is 6.26 Å². The summed E-state index contributed by atoms with van der Waals surface area (Å²) in [4.78, 5) is 25.3. The van der Waals surface area contributed by atoms with Gasteiger partial charge in [0, 0.05) is 13.1 Å². The summed E-state index contributed by atoms with van der Waals surface area (Å²) in [5.74, 6) is -0.106. The van der Waals surface area contributed by atoms with Crippen molar-refractivity contribution in [2.45, 2.75) is 19.8 Å². The van der Waals surface area contributed by atoms with Gasteiger partial charge in [-0.25, -0.2) is 0 Å². The monoisotopic (exact) mass is 263 g/mol. The summed E-state index contributed by atoms with van der Waals surface area (Å²) < 4.78 is 5.14. The van der Waals surface area contributed by atoms with Crippen LogP contribution in [0.25, 0.3) is 0 Å². The third kappa shape index (κ3) is 2.13. The van der Waals surface area contributed by atoms with E-state index in [-0.39, 0.29) is 11.8 Å². The van der Waals surface area contributed by atoms with Gasteiger partial charge in [0.2, 0.25) is 0 Å². The van der Waals surface area contributed by atoms with E-state index in [0.29, 0.717) is 30.3 Å². The molecular weight excluding hydrogens is 246 g/mol. The van der Waals surface area contributed by atoms with Crippen molar-refractivity contribution in [3.05, 3.63) is 23.7 Å². The number of aryl methyl sites for hydroxylation is 1. The zero-order valence-corrected chi connectivity index (χ0v) is 10.8. The summed E-state index contributed by atoms with van der Waals surface area (Å²) in [6, 6.07) is 1.65. The van der Waals surface area contributed by atoms with Gasteiger partial charge in [0.1, 0.15) is 5.76 Å². The molecule has 5 nitrogen and oxygen atoms in total. The number of carbonyl (C=O) groups is 2. The number of furan rings is 1. The van der Waals surface area contributed by atoms with Gasteiger partial charge in [-0.3, -0.25) is 9.59 Å². The van der Waals surface area contributed by atoms with Crippen LogP contribution in [0.15, 0.2) is 16.7 Å². The zero-order chi connectivity index (χ0) is 13.6. The molecule has 0 aromatic carbocycles. The quantitative estimate of drug-likeness (QED) is 0.902. The van der Waals surface area contributed by atoms with Crippen molar-refractivity contribution in [3.8, 4) is 0 Å². The topological polar surface area (TPSA) is 70.8 Å². The molecule has 2 aliphatic rings. The van der Waals surface area contributed by atoms with E-state index in [0.717, 1.165) is 12.8 Å². The molecule has 1 aliphatic heterocycles. The van der Waals surface area contributed by atoms with Gasteiger partial charge < -0.3 is 14.4 Å². The lowest BCUT2D eigenvalue weighted by Gasteiger charge is -2.15. The van der Waals surface area contributed by atoms with Crippen LogP contribution in [-0.4, -0.2) is 35.0 Å². The van der Waals surface area contributed by atoms with Gasteiger partial charge in [-0.15, -0.1) is 0 Å². The number of nitrogens with zero attached hydrogens (tertiary/aromatic N) is 1. The van der Waals surface area contributed by atoms with E-state index in [2.05, 4.69) is 0 Å². The molecule has 2 heterocycles. The Balaban J connectivity index is 1.78. The minimum absolute atomic E-state index is 0.111. The largest absolute Gasteiger partial charge is 0.481 e. The molecular formula is C14H17NO4. The highest BCUT2D eigenvalue weighted by atomic mass is 16.4. The second-order valence-corrected chi connectivity index (χ2v) is 5.55. The molecule has 1 aliphatic carbocycles. The summed E-state index contributed by atoms with van der Waals surface area (Å²) in [5, 5.41) is 9.29. The molecule has 5 heteroatoms. The first-order valence-corrected chi connectivity index (χ1v) is 6.64. The Hall–Kier alpha value is -1.78. The normalized spacial score (nSPS) is 26.7. The van der Waals surface area contributed by atoms with Gasteiger partial charge in [-0.1, -0.05) is 0 Å². The fraction of sp³-hybridized carbons (Fsp3) is 0.571. The van der Waals surface area contributed by atoms with Crippen molar-refractivity contribution in [1.29, 1.82) is 0 Å². The molecule has 2 fully saturated rings. The van der Waals surface area contributed by atoms with Gasteiger partial charge in [-0.05, 0) is 37.7 Å². The standard InChI is InChI=1S/C14H17NO4/c1-8-10(4-5-19-8)13(16)15-6-11(9-2-3-9)12(7-15)14(17)18/h4-5,9,11-12H,2-3,6-7H2,1H3,(H,17,18)/t11-,12+/m1/s1. The molecule has 3 rings (SSSR count). The number of amides is 1. The van der Waals surface area contributed by atoms with Crippen LogP contribution in [0.3, 0.4) is 0 Å². The number of hydrogen-bond donors (Lipinski definition) is 1. The number of aliphatic carboxylic acids is 1. The van der Waals surface area contributed by atoms with E-state index in [4.69, 9.17) is 4.42 Å². The smallest absolute Gasteiger partial charge is 0.308 e. The number of likely N-dealkylation sites (tertiary alicyclic amines) is 1. The summed E-state index contributed by atoms with van der Waals surface area (Å²) in [6.45, 7) is 2.63. The lowest BCUT2D eigenvalue weighted by molar-refractivity contribution is -0.142. The van der Waals surface area contributed by atoms with Crippen molar-refractivity contribution in [1.82, 2.24) is 4.90 Å². The first-order valence-electron chi connectivity index (χ1n) is 6.64. The molecule has 1 N–H and O–H groups in total. The number of carbonyl (C=O) groups excluding carboxylic acids is 1. The number of carboxylic acid groups (broad SMARTS) is 1. The highest BCUT2D eigenvalue weighted by Gasteiger charge is 2.47. The third-order valence-electron chi connectivity index (χ3n) is 4.29. The summed E-state index contributed by atoms with van der Waals surface area (Å²) in [5.41, 5.74) is 0.542. The molecule has 0 spiro atoms. The van der Waals surface area contributed by atoms with Gasteiger partial charge >= 0.3 is 5.97 Å². The second-order valence-electron chi connectivity index (χ2n) is 5.55. The minimum Gasteiger partial charge on any atom is -0.481 e. The fourth-order valence-corrected chi connectivity index (χ4v) is 3.04. The second kappa shape index (κ2) is 4.40. The highest BCUT2D eigenvalue weighted by Crippen LogP contribution is 2.44. The average Bonchev–Trinajstić information content (AvgIpc) is 2.97. The molecule has 102 valence electrons. The van der Waals surface area contributed by atoms with Crippen LogP contribution in [0.5, 0.6) is 0 Å². The summed E-state index contributed by atoms with van der Waals surface area (Å²) in [6.07, 6.45) is 3.69. The number of carboxylic acids is 1. The molecule has 1 aromatic rings. The Morgan fingerprint density at radius 2 is 2.11 bits per heavy atom. The van der Waals surface area contributed by atoms with Crippen molar-refractivity contribution < 1.29 is 19.1 Å². The van der Waals surface area contributed by atoms with Gasteiger partial charge in [0.25, 0.3) is 5.91 Å². The molecule has 1 aromatic heterocycles. The van der Waals surface area contributed by atoms with Crippen LogP contribution in [0.1, 0.15) is 29.0 Å². The van der Waals surface area contributed by atoms with Crippen LogP contribution in [-0.2, 0) is 4.79 Å². The van der Waals surface area contributed by atoms with Crippen molar-refractivity contribution in [3.63, 3.8) is 0 Å². The van der Waals surface area contributed by atoms with Crippen LogP contribution >= 0.6 is 0 Å². The maximum atomic E-state index is 12.4. The van der Waals surface area contributed by atoms with E-state index < -0.39 is 11.9 Å². The molecule has 1 amide bonds. The zero-order valence-electron chi connectivity index (χ0n) is 10.8. The minimum atomic E-state index is -0.781. The van der Waals surface area contributed by atoms with E-state index in [1.54, 1.807) is 17.9 Å². The predicted octanol–water partition coefficient (Wildman–Crippen LogP) is 1.77. The van der Waals surface area contributed by atoms with Crippen molar-refractivity contribution in [2.24, 2.45) is 17.8 Å². The first kappa shape index (κ1) is 12.3. The van der Waals surface area contributed by atoms with Gasteiger partial charge in [0.05, 0.1) is 17.7 Å². The maximum absolute atomic E-state index is 12.4. The Morgan fingerprint density at radius 1 is 1.37 bits per heavy atom. The van der Waals surface area contributed by atoms with Crippen LogP contribution in [0.4, 0.5) is 0 Å². The Bertz CT molecular complexity index is 517. The lowest BCUT2D eigenvalue weighted by atomic mass is 9.92. The summed E-state index contributed by atoms with van der Waals surface area (Å²) >= 11 is 0.